The van der Waals surface area contributed by atoms with E-state index in [4.69, 9.17) is 19.9 Å². The number of fused-ring (bicyclic) bond motifs is 22. The first-order valence-electron chi connectivity index (χ1n) is 19.9. The third-order valence-corrected chi connectivity index (χ3v) is 14.7. The summed E-state index contributed by atoms with van der Waals surface area (Å²) < 4.78 is 0. The Labute approximate surface area is 339 Å². The molecule has 5 heterocycles. The van der Waals surface area contributed by atoms with Crippen molar-refractivity contribution in [2.45, 2.75) is 26.5 Å². The number of hydrogen-bond donors (Lipinski definition) is 0. The van der Waals surface area contributed by atoms with Crippen molar-refractivity contribution in [3.8, 4) is 44.8 Å². The lowest BCUT2D eigenvalue weighted by Gasteiger charge is -2.40. The van der Waals surface area contributed by atoms with E-state index in [1.807, 2.05) is 48.7 Å². The summed E-state index contributed by atoms with van der Waals surface area (Å²) in [5, 5.41) is 0. The zero-order valence-electron chi connectivity index (χ0n) is 31.0. The SMILES string of the molecule is c1ccc2c(c1)Sc1cc3c(cc1C21c2cccnc2-c2ncc(C4c5ncccc5-c5cccnc54)cc21)-c1ccccc1C31c2ccccc2-c2ccccc21. The molecule has 9 aromatic rings. The van der Waals surface area contributed by atoms with Gasteiger partial charge in [-0.2, -0.15) is 0 Å². The van der Waals surface area contributed by atoms with Crippen molar-refractivity contribution in [3.63, 3.8) is 0 Å². The van der Waals surface area contributed by atoms with Gasteiger partial charge >= 0.3 is 0 Å². The molecular weight excluding hydrogens is 725 g/mol. The van der Waals surface area contributed by atoms with E-state index in [1.165, 1.54) is 71.0 Å². The van der Waals surface area contributed by atoms with Gasteiger partial charge < -0.3 is 0 Å². The summed E-state index contributed by atoms with van der Waals surface area (Å²) in [6.45, 7) is 0. The molecule has 0 radical (unpaired) electrons. The van der Waals surface area contributed by atoms with Gasteiger partial charge in [0.1, 0.15) is 0 Å². The van der Waals surface area contributed by atoms with Crippen LogP contribution in [0.25, 0.3) is 44.8 Å². The predicted octanol–water partition coefficient (Wildman–Crippen LogP) is 11.6. The van der Waals surface area contributed by atoms with Crippen LogP contribution in [0, 0.1) is 0 Å². The van der Waals surface area contributed by atoms with Gasteiger partial charge in [0.2, 0.25) is 0 Å². The van der Waals surface area contributed by atoms with E-state index in [-0.39, 0.29) is 5.92 Å². The van der Waals surface area contributed by atoms with Crippen LogP contribution in [0.3, 0.4) is 0 Å². The zero-order chi connectivity index (χ0) is 37.7. The van der Waals surface area contributed by atoms with E-state index in [2.05, 4.69) is 140 Å². The van der Waals surface area contributed by atoms with Crippen molar-refractivity contribution in [1.82, 2.24) is 19.9 Å². The van der Waals surface area contributed by atoms with Crippen LogP contribution in [0.2, 0.25) is 0 Å². The maximum atomic E-state index is 5.38. The lowest BCUT2D eigenvalue weighted by atomic mass is 9.66. The second-order valence-electron chi connectivity index (χ2n) is 16.0. The third-order valence-electron chi connectivity index (χ3n) is 13.6. The van der Waals surface area contributed by atoms with Crippen molar-refractivity contribution in [2.24, 2.45) is 0 Å². The Balaban J connectivity index is 1.09. The van der Waals surface area contributed by atoms with Crippen LogP contribution in [-0.4, -0.2) is 19.9 Å². The summed E-state index contributed by atoms with van der Waals surface area (Å²) in [6, 6.07) is 56.5. The van der Waals surface area contributed by atoms with Gasteiger partial charge in [0.25, 0.3) is 0 Å². The van der Waals surface area contributed by atoms with Gasteiger partial charge in [-0.05, 0) is 115 Å². The lowest BCUT2D eigenvalue weighted by molar-refractivity contribution is 0.712. The van der Waals surface area contributed by atoms with Gasteiger partial charge in [-0.25, -0.2) is 0 Å². The highest BCUT2D eigenvalue weighted by Gasteiger charge is 2.56. The second-order valence-corrected chi connectivity index (χ2v) is 17.1. The highest BCUT2D eigenvalue weighted by atomic mass is 32.2. The molecule has 1 unspecified atom stereocenters. The number of hydrogen-bond acceptors (Lipinski definition) is 5. The fourth-order valence-electron chi connectivity index (χ4n) is 11.6. The Hall–Kier alpha value is -6.95. The monoisotopic (exact) mass is 754 g/mol. The van der Waals surface area contributed by atoms with Gasteiger partial charge in [-0.1, -0.05) is 121 Å². The molecule has 0 fully saturated rings. The van der Waals surface area contributed by atoms with Crippen molar-refractivity contribution in [1.29, 1.82) is 0 Å². The molecule has 1 atom stereocenters. The molecule has 1 aliphatic heterocycles. The van der Waals surface area contributed by atoms with Gasteiger partial charge in [0.05, 0.1) is 39.5 Å². The summed E-state index contributed by atoms with van der Waals surface area (Å²) in [5.41, 5.74) is 21.7. The Morgan fingerprint density at radius 2 is 0.879 bits per heavy atom. The minimum atomic E-state index is -0.664. The molecule has 4 aromatic heterocycles. The number of rotatable bonds is 1. The van der Waals surface area contributed by atoms with E-state index in [0.717, 1.165) is 45.0 Å². The van der Waals surface area contributed by atoms with Crippen molar-refractivity contribution in [3.05, 3.63) is 238 Å². The van der Waals surface area contributed by atoms with E-state index < -0.39 is 10.8 Å². The van der Waals surface area contributed by atoms with Crippen LogP contribution < -0.4 is 0 Å². The minimum Gasteiger partial charge on any atom is -0.260 e. The molecule has 5 heteroatoms. The van der Waals surface area contributed by atoms with Crippen molar-refractivity contribution in [2.75, 3.05) is 0 Å². The van der Waals surface area contributed by atoms with Crippen LogP contribution in [0.1, 0.15) is 67.4 Å². The molecule has 4 aliphatic carbocycles. The van der Waals surface area contributed by atoms with Crippen LogP contribution in [-0.2, 0) is 10.8 Å². The van der Waals surface area contributed by atoms with Crippen LogP contribution in [0.15, 0.2) is 186 Å². The number of benzene rings is 5. The first-order chi connectivity index (χ1) is 28.8. The van der Waals surface area contributed by atoms with Crippen LogP contribution >= 0.6 is 11.8 Å². The van der Waals surface area contributed by atoms with Crippen LogP contribution in [0.4, 0.5) is 0 Å². The summed E-state index contributed by atoms with van der Waals surface area (Å²) in [7, 11) is 0. The van der Waals surface area contributed by atoms with Crippen molar-refractivity contribution < 1.29 is 0 Å². The van der Waals surface area contributed by atoms with Gasteiger partial charge in [0.15, 0.2) is 0 Å². The van der Waals surface area contributed by atoms with Gasteiger partial charge in [-0.15, -0.1) is 0 Å². The van der Waals surface area contributed by atoms with Crippen molar-refractivity contribution >= 4 is 11.8 Å². The Morgan fingerprint density at radius 3 is 1.57 bits per heavy atom. The first kappa shape index (κ1) is 31.2. The molecule has 0 saturated heterocycles. The molecule has 58 heavy (non-hydrogen) atoms. The number of pyridine rings is 4. The second kappa shape index (κ2) is 10.9. The van der Waals surface area contributed by atoms with Gasteiger partial charge in [0, 0.05) is 45.7 Å². The van der Waals surface area contributed by atoms with Gasteiger partial charge in [-0.3, -0.25) is 19.9 Å². The lowest BCUT2D eigenvalue weighted by Crippen LogP contribution is -2.33. The Morgan fingerprint density at radius 1 is 0.362 bits per heavy atom. The molecule has 0 N–H and O–H groups in total. The molecule has 0 saturated carbocycles. The average Bonchev–Trinajstić information content (AvgIpc) is 3.97. The van der Waals surface area contributed by atoms with E-state index >= 15 is 0 Å². The Bertz CT molecular complexity index is 3220. The topological polar surface area (TPSA) is 51.6 Å². The number of aromatic nitrogens is 4. The molecule has 268 valence electrons. The third kappa shape index (κ3) is 3.53. The zero-order valence-corrected chi connectivity index (χ0v) is 31.8. The molecule has 14 rings (SSSR count). The van der Waals surface area contributed by atoms with E-state index in [0.29, 0.717) is 0 Å². The normalized spacial score (nSPS) is 17.4. The molecule has 2 spiro atoms. The summed E-state index contributed by atoms with van der Waals surface area (Å²) >= 11 is 1.89. The summed E-state index contributed by atoms with van der Waals surface area (Å²) in [6.07, 6.45) is 7.76. The Kier molecular flexibility index (Phi) is 5.86. The summed E-state index contributed by atoms with van der Waals surface area (Å²) in [4.78, 5) is 23.0. The fraction of sp³-hybridized carbons (Fsp3) is 0.0566. The standard InChI is InChI=1S/C53H30N4S/c1-4-17-37-31(12-1)32-13-2-5-18-38(32)52(37)39-19-6-3-14-33(39)36-27-43-46(28-42(36)52)58-45-22-8-7-20-40(45)53(43)41-21-11-25-56-50(41)51-44(53)26-30(29-57-51)47-48-34(15-9-23-54-48)35-16-10-24-55-49(35)47/h1-29,47H. The molecule has 0 amide bonds. The average molecular weight is 755 g/mol. The van der Waals surface area contributed by atoms with Crippen LogP contribution in [0.5, 0.6) is 0 Å². The first-order valence-corrected chi connectivity index (χ1v) is 20.7. The number of nitrogens with zero attached hydrogens (tertiary/aromatic N) is 4. The molecule has 4 nitrogen and oxygen atoms in total. The maximum Gasteiger partial charge on any atom is 0.0937 e. The molecular formula is C53H30N4S. The largest absolute Gasteiger partial charge is 0.260 e. The van der Waals surface area contributed by atoms with E-state index in [9.17, 15) is 0 Å². The molecule has 5 aliphatic rings. The smallest absolute Gasteiger partial charge is 0.0937 e. The molecule has 5 aromatic carbocycles. The highest BCUT2D eigenvalue weighted by Crippen LogP contribution is 2.67. The molecule has 0 bridgehead atoms. The minimum absolute atomic E-state index is 0.138. The summed E-state index contributed by atoms with van der Waals surface area (Å²) in [5.74, 6) is -0.138. The highest BCUT2D eigenvalue weighted by molar-refractivity contribution is 7.99. The quantitative estimate of drug-likeness (QED) is 0.167. The maximum absolute atomic E-state index is 5.38. The predicted molar refractivity (Wildman–Crippen MR) is 228 cm³/mol. The van der Waals surface area contributed by atoms with E-state index in [1.54, 1.807) is 0 Å². The fourth-order valence-corrected chi connectivity index (χ4v) is 12.8.